The summed E-state index contributed by atoms with van der Waals surface area (Å²) < 4.78 is 7.23. The molecule has 37 heavy (non-hydrogen) atoms. The molecule has 2 aromatic heterocycles. The summed E-state index contributed by atoms with van der Waals surface area (Å²) in [5.41, 5.74) is 3.73. The lowest BCUT2D eigenvalue weighted by Gasteiger charge is -2.36. The number of para-hydroxylation sites is 1. The van der Waals surface area contributed by atoms with Crippen molar-refractivity contribution >= 4 is 22.7 Å². The topological polar surface area (TPSA) is 83.7 Å². The van der Waals surface area contributed by atoms with Crippen LogP contribution in [0, 0.1) is 11.8 Å². The largest absolute Gasteiger partial charge is 0.477 e. The molecule has 0 radical (unpaired) electrons. The average molecular weight is 504 g/mol. The number of fused-ring (bicyclic) bond motifs is 1. The lowest BCUT2D eigenvalue weighted by Crippen LogP contribution is -2.38. The van der Waals surface area contributed by atoms with Crippen molar-refractivity contribution in [1.29, 1.82) is 0 Å². The number of rotatable bonds is 8. The van der Waals surface area contributed by atoms with Crippen LogP contribution in [0.2, 0.25) is 0 Å². The number of pyridine rings is 1. The Kier molecular flexibility index (Phi) is 6.86. The molecule has 0 bridgehead atoms. The summed E-state index contributed by atoms with van der Waals surface area (Å²) in [6.07, 6.45) is 6.93. The van der Waals surface area contributed by atoms with Gasteiger partial charge in [-0.2, -0.15) is 5.10 Å². The van der Waals surface area contributed by atoms with Gasteiger partial charge in [-0.1, -0.05) is 24.6 Å². The van der Waals surface area contributed by atoms with Crippen molar-refractivity contribution in [2.45, 2.75) is 44.4 Å². The van der Waals surface area contributed by atoms with Crippen molar-refractivity contribution in [1.82, 2.24) is 19.7 Å². The van der Waals surface area contributed by atoms with Crippen molar-refractivity contribution in [2.75, 3.05) is 51.3 Å². The van der Waals surface area contributed by atoms with Crippen LogP contribution in [-0.4, -0.2) is 77.2 Å². The standard InChI is InChI=1S/C29H37N5O3/c1-37-19-21-10-13-32(18-21)17-20-11-14-33(15-12-20)25-16-24(29(35)36)30-28-26(25)27(22-6-5-7-22)31-34(28)23-8-3-2-4-9-23/h2-4,8-9,16,20-22H,5-7,10-15,17-19H2,1H3,(H,35,36)/t21-/m0/s1. The van der Waals surface area contributed by atoms with Gasteiger partial charge in [0.25, 0.3) is 0 Å². The van der Waals surface area contributed by atoms with Crippen LogP contribution in [-0.2, 0) is 4.74 Å². The molecule has 0 unspecified atom stereocenters. The molecule has 1 aromatic carbocycles. The number of hydrogen-bond donors (Lipinski definition) is 1. The number of nitrogens with zero attached hydrogens (tertiary/aromatic N) is 5. The Hall–Kier alpha value is -2.97. The van der Waals surface area contributed by atoms with Crippen LogP contribution in [0.3, 0.4) is 0 Å². The Balaban J connectivity index is 1.30. The maximum Gasteiger partial charge on any atom is 0.354 e. The van der Waals surface area contributed by atoms with E-state index < -0.39 is 5.97 Å². The van der Waals surface area contributed by atoms with Gasteiger partial charge in [0.15, 0.2) is 11.3 Å². The number of hydrogen-bond acceptors (Lipinski definition) is 6. The normalized spacial score (nSPS) is 21.5. The summed E-state index contributed by atoms with van der Waals surface area (Å²) in [7, 11) is 1.80. The highest BCUT2D eigenvalue weighted by Gasteiger charge is 2.32. The molecule has 1 N–H and O–H groups in total. The number of aromatic nitrogens is 3. The number of carbonyl (C=O) groups is 1. The van der Waals surface area contributed by atoms with Crippen molar-refractivity contribution in [3.8, 4) is 5.69 Å². The molecular formula is C29H37N5O3. The highest BCUT2D eigenvalue weighted by molar-refractivity contribution is 5.98. The zero-order chi connectivity index (χ0) is 25.4. The molecule has 3 aliphatic rings. The van der Waals surface area contributed by atoms with Crippen LogP contribution in [0.4, 0.5) is 5.69 Å². The van der Waals surface area contributed by atoms with E-state index in [1.54, 1.807) is 13.2 Å². The fourth-order valence-corrected chi connectivity index (χ4v) is 6.37. The number of methoxy groups -OCH3 is 1. The fourth-order valence-electron chi connectivity index (χ4n) is 6.37. The van der Waals surface area contributed by atoms with E-state index in [4.69, 9.17) is 9.84 Å². The number of aromatic carboxylic acids is 1. The molecular weight excluding hydrogens is 466 g/mol. The van der Waals surface area contributed by atoms with Gasteiger partial charge in [0, 0.05) is 39.2 Å². The average Bonchev–Trinajstić information content (AvgIpc) is 3.48. The van der Waals surface area contributed by atoms with Crippen LogP contribution in [0.15, 0.2) is 36.4 Å². The van der Waals surface area contributed by atoms with E-state index in [1.807, 2.05) is 35.0 Å². The fraction of sp³-hybridized carbons (Fsp3) is 0.552. The van der Waals surface area contributed by atoms with Crippen molar-refractivity contribution in [2.24, 2.45) is 11.8 Å². The van der Waals surface area contributed by atoms with E-state index in [-0.39, 0.29) is 5.69 Å². The molecule has 3 fully saturated rings. The molecule has 0 spiro atoms. The second kappa shape index (κ2) is 10.4. The SMILES string of the molecule is COC[C@H]1CCN(CC2CCN(c3cc(C(=O)O)nc4c3c(C3CCC3)nn4-c3ccccc3)CC2)C1. The first-order valence-corrected chi connectivity index (χ1v) is 13.8. The first kappa shape index (κ1) is 24.4. The van der Waals surface area contributed by atoms with Gasteiger partial charge >= 0.3 is 5.97 Å². The van der Waals surface area contributed by atoms with Gasteiger partial charge < -0.3 is 19.6 Å². The number of anilines is 1. The van der Waals surface area contributed by atoms with E-state index in [0.29, 0.717) is 23.4 Å². The van der Waals surface area contributed by atoms with Gasteiger partial charge in [0.05, 0.1) is 29.1 Å². The molecule has 8 nitrogen and oxygen atoms in total. The first-order chi connectivity index (χ1) is 18.1. The summed E-state index contributed by atoms with van der Waals surface area (Å²) in [5.74, 6) is 0.753. The lowest BCUT2D eigenvalue weighted by atomic mass is 9.81. The smallest absolute Gasteiger partial charge is 0.354 e. The molecule has 6 rings (SSSR count). The summed E-state index contributed by atoms with van der Waals surface area (Å²) in [5, 5.41) is 16.0. The number of carboxylic acid groups (broad SMARTS) is 1. The Morgan fingerprint density at radius 1 is 1.05 bits per heavy atom. The van der Waals surface area contributed by atoms with Crippen LogP contribution < -0.4 is 4.90 Å². The van der Waals surface area contributed by atoms with E-state index in [2.05, 4.69) is 14.8 Å². The van der Waals surface area contributed by atoms with Gasteiger partial charge in [0.1, 0.15) is 0 Å². The molecule has 3 aromatic rings. The summed E-state index contributed by atoms with van der Waals surface area (Å²) in [4.78, 5) is 21.8. The van der Waals surface area contributed by atoms with Crippen LogP contribution in [0.25, 0.3) is 16.7 Å². The van der Waals surface area contributed by atoms with Crippen LogP contribution in [0.1, 0.15) is 60.6 Å². The monoisotopic (exact) mass is 503 g/mol. The van der Waals surface area contributed by atoms with E-state index >= 15 is 0 Å². The molecule has 196 valence electrons. The third kappa shape index (κ3) is 4.84. The number of likely N-dealkylation sites (tertiary alicyclic amines) is 1. The van der Waals surface area contributed by atoms with Gasteiger partial charge in [-0.05, 0) is 68.7 Å². The summed E-state index contributed by atoms with van der Waals surface area (Å²) in [6.45, 7) is 6.19. The highest BCUT2D eigenvalue weighted by Crippen LogP contribution is 2.43. The van der Waals surface area contributed by atoms with Crippen molar-refractivity contribution in [3.63, 3.8) is 0 Å². The predicted molar refractivity (Wildman–Crippen MR) is 144 cm³/mol. The van der Waals surface area contributed by atoms with Crippen LogP contribution >= 0.6 is 0 Å². The Morgan fingerprint density at radius 2 is 1.81 bits per heavy atom. The third-order valence-electron chi connectivity index (χ3n) is 8.60. The Morgan fingerprint density at radius 3 is 2.49 bits per heavy atom. The minimum absolute atomic E-state index is 0.0862. The van der Waals surface area contributed by atoms with Gasteiger partial charge in [-0.3, -0.25) is 0 Å². The van der Waals surface area contributed by atoms with Crippen molar-refractivity contribution in [3.05, 3.63) is 47.8 Å². The number of piperidine rings is 1. The minimum Gasteiger partial charge on any atom is -0.477 e. The lowest BCUT2D eigenvalue weighted by molar-refractivity contribution is 0.0691. The number of ether oxygens (including phenoxy) is 1. The third-order valence-corrected chi connectivity index (χ3v) is 8.60. The van der Waals surface area contributed by atoms with Crippen LogP contribution in [0.5, 0.6) is 0 Å². The summed E-state index contributed by atoms with van der Waals surface area (Å²) in [6, 6.07) is 11.8. The zero-order valence-corrected chi connectivity index (χ0v) is 21.7. The van der Waals surface area contributed by atoms with E-state index in [0.717, 1.165) is 80.9 Å². The second-order valence-electron chi connectivity index (χ2n) is 11.1. The van der Waals surface area contributed by atoms with Gasteiger partial charge in [0.2, 0.25) is 0 Å². The Bertz CT molecular complexity index is 1250. The van der Waals surface area contributed by atoms with Gasteiger partial charge in [-0.25, -0.2) is 14.5 Å². The molecule has 4 heterocycles. The van der Waals surface area contributed by atoms with Crippen molar-refractivity contribution < 1.29 is 14.6 Å². The molecule has 1 aliphatic carbocycles. The number of carboxylic acids is 1. The molecule has 1 atom stereocenters. The number of benzene rings is 1. The predicted octanol–water partition coefficient (Wildman–Crippen LogP) is 4.57. The molecule has 0 amide bonds. The molecule has 2 saturated heterocycles. The Labute approximate surface area is 218 Å². The zero-order valence-electron chi connectivity index (χ0n) is 21.7. The molecule has 2 aliphatic heterocycles. The second-order valence-corrected chi connectivity index (χ2v) is 11.1. The van der Waals surface area contributed by atoms with E-state index in [9.17, 15) is 9.90 Å². The maximum absolute atomic E-state index is 12.1. The first-order valence-electron chi connectivity index (χ1n) is 13.8. The summed E-state index contributed by atoms with van der Waals surface area (Å²) >= 11 is 0. The van der Waals surface area contributed by atoms with Gasteiger partial charge in [-0.15, -0.1) is 0 Å². The van der Waals surface area contributed by atoms with E-state index in [1.165, 1.54) is 19.4 Å². The minimum atomic E-state index is -0.997. The quantitative estimate of drug-likeness (QED) is 0.482. The molecule has 8 heteroatoms. The molecule has 1 saturated carbocycles. The maximum atomic E-state index is 12.1. The highest BCUT2D eigenvalue weighted by atomic mass is 16.5.